The normalized spacial score (nSPS) is 21.1. The van der Waals surface area contributed by atoms with Crippen molar-refractivity contribution in [3.8, 4) is 0 Å². The summed E-state index contributed by atoms with van der Waals surface area (Å²) in [4.78, 5) is 60.5. The Hall–Kier alpha value is -2.73. The number of nitrogens with zero attached hydrogens (tertiary/aromatic N) is 3. The summed E-state index contributed by atoms with van der Waals surface area (Å²) >= 11 is 0. The van der Waals surface area contributed by atoms with Gasteiger partial charge in [-0.15, -0.1) is 0 Å². The van der Waals surface area contributed by atoms with Crippen molar-refractivity contribution in [2.24, 2.45) is 0 Å². The maximum atomic E-state index is 12.8. The second-order valence-corrected chi connectivity index (χ2v) is 6.62. The summed E-state index contributed by atoms with van der Waals surface area (Å²) in [6.07, 6.45) is -1.61. The quantitative estimate of drug-likeness (QED) is 0.324. The van der Waals surface area contributed by atoms with E-state index < -0.39 is 35.1 Å². The van der Waals surface area contributed by atoms with E-state index in [4.69, 9.17) is 18.9 Å². The first-order valence-electron chi connectivity index (χ1n) is 8.74. The molecular formula is C16H21N3O9. The molecule has 0 N–H and O–H groups in total. The fourth-order valence-electron chi connectivity index (χ4n) is 2.68. The summed E-state index contributed by atoms with van der Waals surface area (Å²) in [5.41, 5.74) is -2.45. The molecule has 154 valence electrons. The highest BCUT2D eigenvalue weighted by Crippen LogP contribution is 2.10. The summed E-state index contributed by atoms with van der Waals surface area (Å²) in [5.74, 6) is -1.28. The largest absolute Gasteiger partial charge is 0.462 e. The minimum Gasteiger partial charge on any atom is -0.462 e. The van der Waals surface area contributed by atoms with Gasteiger partial charge >= 0.3 is 29.0 Å². The number of rotatable bonds is 9. The molecule has 0 spiro atoms. The van der Waals surface area contributed by atoms with Gasteiger partial charge in [-0.3, -0.25) is 9.59 Å². The fraction of sp³-hybridized carbons (Fsp3) is 0.688. The predicted molar refractivity (Wildman–Crippen MR) is 90.9 cm³/mol. The maximum absolute atomic E-state index is 12.8. The molecule has 0 bridgehead atoms. The van der Waals surface area contributed by atoms with Crippen LogP contribution in [0.2, 0.25) is 0 Å². The van der Waals surface area contributed by atoms with Crippen molar-refractivity contribution in [1.29, 1.82) is 0 Å². The predicted octanol–water partition coefficient (Wildman–Crippen LogP) is -2.54. The van der Waals surface area contributed by atoms with Crippen LogP contribution >= 0.6 is 0 Å². The molecule has 0 aliphatic carbocycles. The van der Waals surface area contributed by atoms with Crippen LogP contribution in [-0.2, 0) is 48.2 Å². The molecule has 1 aromatic rings. The molecule has 2 fully saturated rings. The average Bonchev–Trinajstić information content (AvgIpc) is 3.51. The van der Waals surface area contributed by atoms with Crippen LogP contribution in [-0.4, -0.2) is 63.8 Å². The molecule has 3 heterocycles. The molecule has 0 saturated carbocycles. The van der Waals surface area contributed by atoms with E-state index in [9.17, 15) is 24.0 Å². The number of hydrogen-bond donors (Lipinski definition) is 0. The molecule has 12 heteroatoms. The highest BCUT2D eigenvalue weighted by atomic mass is 16.6. The monoisotopic (exact) mass is 399 g/mol. The molecule has 2 saturated heterocycles. The van der Waals surface area contributed by atoms with Gasteiger partial charge < -0.3 is 18.9 Å². The minimum absolute atomic E-state index is 0.00560. The molecule has 1 aromatic heterocycles. The van der Waals surface area contributed by atoms with Crippen LogP contribution < -0.4 is 17.1 Å². The summed E-state index contributed by atoms with van der Waals surface area (Å²) in [6.45, 7) is 2.46. The average molecular weight is 399 g/mol. The number of ether oxygens (including phenoxy) is 4. The number of aromatic nitrogens is 3. The van der Waals surface area contributed by atoms with Gasteiger partial charge in [0.2, 0.25) is 0 Å². The SMILES string of the molecule is CC(=O)OCC(Cn1c(=O)n(CC2CO2)c(=O)n(CC2CO2)c1=O)OC(C)=O. The summed E-state index contributed by atoms with van der Waals surface area (Å²) in [5, 5.41) is 0. The lowest BCUT2D eigenvalue weighted by Crippen LogP contribution is -2.56. The van der Waals surface area contributed by atoms with Crippen LogP contribution in [0.15, 0.2) is 14.4 Å². The molecular weight excluding hydrogens is 378 g/mol. The van der Waals surface area contributed by atoms with Crippen LogP contribution in [0.3, 0.4) is 0 Å². The van der Waals surface area contributed by atoms with Gasteiger partial charge in [0, 0.05) is 13.8 Å². The van der Waals surface area contributed by atoms with E-state index in [0.29, 0.717) is 13.2 Å². The number of carbonyl (C=O) groups is 2. The van der Waals surface area contributed by atoms with E-state index in [-0.39, 0.29) is 38.4 Å². The first-order chi connectivity index (χ1) is 13.3. The van der Waals surface area contributed by atoms with Crippen molar-refractivity contribution in [1.82, 2.24) is 13.7 Å². The summed E-state index contributed by atoms with van der Waals surface area (Å²) in [6, 6.07) is 0. The van der Waals surface area contributed by atoms with Gasteiger partial charge in [-0.05, 0) is 0 Å². The maximum Gasteiger partial charge on any atom is 0.336 e. The van der Waals surface area contributed by atoms with E-state index in [0.717, 1.165) is 20.6 Å². The lowest BCUT2D eigenvalue weighted by Gasteiger charge is -2.19. The second kappa shape index (κ2) is 8.10. The zero-order valence-corrected chi connectivity index (χ0v) is 15.5. The Kier molecular flexibility index (Phi) is 5.79. The molecule has 0 amide bonds. The van der Waals surface area contributed by atoms with Crippen molar-refractivity contribution in [3.05, 3.63) is 31.5 Å². The van der Waals surface area contributed by atoms with Gasteiger partial charge in [-0.2, -0.15) is 0 Å². The van der Waals surface area contributed by atoms with Gasteiger partial charge in [0.25, 0.3) is 0 Å². The molecule has 2 aliphatic rings. The molecule has 3 rings (SSSR count). The van der Waals surface area contributed by atoms with E-state index in [1.165, 1.54) is 6.92 Å². The second-order valence-electron chi connectivity index (χ2n) is 6.62. The standard InChI is InChI=1S/C16H21N3O9/c1-9(20)25-8-13(28-10(2)21)5-19-15(23)17(3-11-6-26-11)14(22)18(16(19)24)4-12-7-27-12/h11-13H,3-8H2,1-2H3. The third kappa shape index (κ3) is 4.95. The molecule has 2 aliphatic heterocycles. The van der Waals surface area contributed by atoms with E-state index in [2.05, 4.69) is 0 Å². The zero-order valence-electron chi connectivity index (χ0n) is 15.5. The van der Waals surface area contributed by atoms with Gasteiger partial charge in [0.1, 0.15) is 6.61 Å². The molecule has 0 radical (unpaired) electrons. The molecule has 3 atom stereocenters. The Morgan fingerprint density at radius 3 is 1.79 bits per heavy atom. The lowest BCUT2D eigenvalue weighted by atomic mass is 10.3. The van der Waals surface area contributed by atoms with E-state index >= 15 is 0 Å². The van der Waals surface area contributed by atoms with Gasteiger partial charge in [-0.25, -0.2) is 28.1 Å². The van der Waals surface area contributed by atoms with Crippen LogP contribution in [0.5, 0.6) is 0 Å². The number of epoxide rings is 2. The zero-order chi connectivity index (χ0) is 20.4. The first kappa shape index (κ1) is 20.0. The number of hydrogen-bond acceptors (Lipinski definition) is 9. The highest BCUT2D eigenvalue weighted by Gasteiger charge is 2.30. The van der Waals surface area contributed by atoms with Crippen molar-refractivity contribution < 1.29 is 28.5 Å². The van der Waals surface area contributed by atoms with Crippen molar-refractivity contribution in [2.75, 3.05) is 19.8 Å². The Morgan fingerprint density at radius 2 is 1.39 bits per heavy atom. The van der Waals surface area contributed by atoms with E-state index in [1.807, 2.05) is 0 Å². The Bertz CT molecular complexity index is 884. The van der Waals surface area contributed by atoms with Crippen molar-refractivity contribution >= 4 is 11.9 Å². The number of carbonyl (C=O) groups excluding carboxylic acids is 2. The van der Waals surface area contributed by atoms with Crippen molar-refractivity contribution in [2.45, 2.75) is 51.8 Å². The van der Waals surface area contributed by atoms with E-state index in [1.54, 1.807) is 0 Å². The Morgan fingerprint density at radius 1 is 0.929 bits per heavy atom. The molecule has 12 nitrogen and oxygen atoms in total. The van der Waals surface area contributed by atoms with Crippen molar-refractivity contribution in [3.63, 3.8) is 0 Å². The van der Waals surface area contributed by atoms with Crippen LogP contribution in [0.25, 0.3) is 0 Å². The Balaban J connectivity index is 1.97. The molecule has 3 unspecified atom stereocenters. The van der Waals surface area contributed by atoms with Crippen LogP contribution in [0, 0.1) is 0 Å². The third-order valence-electron chi connectivity index (χ3n) is 4.15. The first-order valence-corrected chi connectivity index (χ1v) is 8.74. The van der Waals surface area contributed by atoms with Gasteiger partial charge in [-0.1, -0.05) is 0 Å². The lowest BCUT2D eigenvalue weighted by molar-refractivity contribution is -0.157. The summed E-state index contributed by atoms with van der Waals surface area (Å²) in [7, 11) is 0. The molecule has 0 aromatic carbocycles. The van der Waals surface area contributed by atoms with Gasteiger partial charge in [0.15, 0.2) is 6.10 Å². The minimum atomic E-state index is -1.07. The highest BCUT2D eigenvalue weighted by molar-refractivity contribution is 5.67. The number of esters is 2. The third-order valence-corrected chi connectivity index (χ3v) is 4.15. The fourth-order valence-corrected chi connectivity index (χ4v) is 2.68. The Labute approximate surface area is 158 Å². The van der Waals surface area contributed by atoms with Crippen LogP contribution in [0.1, 0.15) is 13.8 Å². The smallest absolute Gasteiger partial charge is 0.336 e. The summed E-state index contributed by atoms with van der Waals surface area (Å²) < 4.78 is 22.7. The van der Waals surface area contributed by atoms with Crippen LogP contribution in [0.4, 0.5) is 0 Å². The molecule has 28 heavy (non-hydrogen) atoms. The van der Waals surface area contributed by atoms with Gasteiger partial charge in [0.05, 0.1) is 45.1 Å². The topological polar surface area (TPSA) is 144 Å².